The quantitative estimate of drug-likeness (QED) is 0.307. The number of ether oxygens (including phenoxy) is 1. The summed E-state index contributed by atoms with van der Waals surface area (Å²) in [6.45, 7) is 3.29. The van der Waals surface area contributed by atoms with E-state index in [4.69, 9.17) is 34.1 Å². The van der Waals surface area contributed by atoms with E-state index >= 15 is 0 Å². The predicted octanol–water partition coefficient (Wildman–Crippen LogP) is -0.111. The van der Waals surface area contributed by atoms with Gasteiger partial charge in [-0.3, -0.25) is 4.57 Å². The lowest BCUT2D eigenvalue weighted by Crippen LogP contribution is -2.02. The van der Waals surface area contributed by atoms with Gasteiger partial charge in [-0.1, -0.05) is 6.58 Å². The molecule has 0 unspecified atom stereocenters. The lowest BCUT2D eigenvalue weighted by Gasteiger charge is -2.03. The summed E-state index contributed by atoms with van der Waals surface area (Å²) in [5.41, 5.74) is 0.237. The minimum absolute atomic E-state index is 0.0243. The maximum Gasteiger partial charge on any atom is 0.692 e. The Morgan fingerprint density at radius 2 is 1.94 bits per heavy atom. The van der Waals surface area contributed by atoms with Crippen molar-refractivity contribution in [2.75, 3.05) is 19.4 Å². The van der Waals surface area contributed by atoms with Crippen LogP contribution in [0.15, 0.2) is 12.2 Å². The van der Waals surface area contributed by atoms with E-state index in [9.17, 15) is 4.57 Å². The molecule has 10 heteroatoms. The van der Waals surface area contributed by atoms with E-state index in [-0.39, 0.29) is 24.9 Å². The molecule has 0 bridgehead atoms. The Morgan fingerprint density at radius 1 is 1.50 bits per heavy atom. The van der Waals surface area contributed by atoms with E-state index in [0.717, 1.165) is 0 Å². The topological polar surface area (TPSA) is 148 Å². The van der Waals surface area contributed by atoms with Crippen LogP contribution in [0.5, 0.6) is 0 Å². The minimum Gasteiger partial charge on any atom is -0.375 e. The molecule has 0 radical (unpaired) electrons. The molecule has 0 amide bonds. The average Bonchev–Trinajstić information content (AvgIpc) is 2.09. The third-order valence-corrected chi connectivity index (χ3v) is 1.73. The summed E-state index contributed by atoms with van der Waals surface area (Å²) >= 11 is 0. The van der Waals surface area contributed by atoms with Crippen LogP contribution in [0, 0.1) is 11.3 Å². The number of rotatable bonds is 5. The molecule has 0 saturated carbocycles. The first-order valence-corrected chi connectivity index (χ1v) is 6.70. The molecule has 4 N–H and O–H groups in total. The number of nitrogens with zero attached hydrogens (tertiary/aromatic N) is 1. The van der Waals surface area contributed by atoms with Crippen LogP contribution >= 0.6 is 15.9 Å². The van der Waals surface area contributed by atoms with Crippen LogP contribution < -0.4 is 0 Å². The van der Waals surface area contributed by atoms with Crippen LogP contribution in [0.1, 0.15) is 0 Å². The fourth-order valence-corrected chi connectivity index (χ4v) is 0.778. The van der Waals surface area contributed by atoms with Crippen molar-refractivity contribution in [1.29, 1.82) is 5.26 Å². The zero-order valence-electron chi connectivity index (χ0n) is 8.18. The van der Waals surface area contributed by atoms with E-state index in [0.29, 0.717) is 0 Å². The van der Waals surface area contributed by atoms with Gasteiger partial charge in [0.2, 0.25) is 0 Å². The molecule has 0 rings (SSSR count). The van der Waals surface area contributed by atoms with Gasteiger partial charge in [0, 0.05) is 10.1 Å². The highest BCUT2D eigenvalue weighted by Gasteiger charge is 2.11. The fraction of sp³-hybridized carbons (Fsp3) is 0.500. The molecule has 0 spiro atoms. The van der Waals surface area contributed by atoms with Gasteiger partial charge in [-0.25, -0.2) is 0 Å². The number of hydrogen-bond donors (Lipinski definition) is 4. The molecule has 0 aliphatic heterocycles. The molecule has 0 atom stereocenters. The van der Waals surface area contributed by atoms with Gasteiger partial charge >= 0.3 is 15.9 Å². The normalized spacial score (nSPS) is 9.69. The van der Waals surface area contributed by atoms with Gasteiger partial charge < -0.3 is 14.5 Å². The first kappa shape index (κ1) is 17.7. The molecular formula is C6H12NO7P2+. The maximum absolute atomic E-state index is 10.3. The largest absolute Gasteiger partial charge is 0.692 e. The second kappa shape index (κ2) is 9.58. The Labute approximate surface area is 92.9 Å². The van der Waals surface area contributed by atoms with Crippen LogP contribution in [-0.4, -0.2) is 38.9 Å². The monoisotopic (exact) mass is 272 g/mol. The van der Waals surface area contributed by atoms with E-state index in [1.54, 1.807) is 6.07 Å². The molecule has 0 aromatic rings. The summed E-state index contributed by atoms with van der Waals surface area (Å²) in [6.07, 6.45) is -0.328. The highest BCUT2D eigenvalue weighted by Crippen LogP contribution is 2.33. The predicted molar refractivity (Wildman–Crippen MR) is 54.5 cm³/mol. The van der Waals surface area contributed by atoms with Gasteiger partial charge in [0.05, 0.1) is 25.4 Å². The Hall–Kier alpha value is -0.640. The highest BCUT2D eigenvalue weighted by atomic mass is 31.2. The van der Waals surface area contributed by atoms with Gasteiger partial charge in [0.25, 0.3) is 0 Å². The molecule has 0 aliphatic carbocycles. The van der Waals surface area contributed by atoms with Crippen LogP contribution in [0.25, 0.3) is 0 Å². The molecule has 0 saturated heterocycles. The van der Waals surface area contributed by atoms with Crippen molar-refractivity contribution in [1.82, 2.24) is 0 Å². The molecule has 0 fully saturated rings. The van der Waals surface area contributed by atoms with Gasteiger partial charge in [-0.15, -0.1) is 9.79 Å². The summed E-state index contributed by atoms with van der Waals surface area (Å²) in [5.74, 6) is 0. The number of nitriles is 1. The zero-order valence-corrected chi connectivity index (χ0v) is 9.97. The zero-order chi connectivity index (χ0) is 13.2. The van der Waals surface area contributed by atoms with E-state index in [1.807, 2.05) is 0 Å². The Balaban J connectivity index is 0. The van der Waals surface area contributed by atoms with Crippen molar-refractivity contribution in [2.24, 2.45) is 0 Å². The summed E-state index contributed by atoms with van der Waals surface area (Å²) in [6, 6.07) is 1.75. The van der Waals surface area contributed by atoms with Gasteiger partial charge in [-0.2, -0.15) is 5.26 Å². The van der Waals surface area contributed by atoms with Gasteiger partial charge in [0.15, 0.2) is 0 Å². The van der Waals surface area contributed by atoms with Crippen molar-refractivity contribution in [3.63, 3.8) is 0 Å². The van der Waals surface area contributed by atoms with Crippen molar-refractivity contribution in [3.05, 3.63) is 12.2 Å². The molecule has 0 aromatic carbocycles. The molecule has 0 aromatic heterocycles. The molecule has 92 valence electrons. The van der Waals surface area contributed by atoms with E-state index in [2.05, 4.69) is 6.58 Å². The molecule has 0 heterocycles. The van der Waals surface area contributed by atoms with Crippen LogP contribution in [0.2, 0.25) is 0 Å². The molecule has 8 nitrogen and oxygen atoms in total. The van der Waals surface area contributed by atoms with Gasteiger partial charge in [-0.05, 0) is 0 Å². The van der Waals surface area contributed by atoms with Crippen molar-refractivity contribution in [2.45, 2.75) is 0 Å². The Morgan fingerprint density at radius 3 is 2.25 bits per heavy atom. The highest BCUT2D eigenvalue weighted by molar-refractivity contribution is 7.51. The second-order valence-electron chi connectivity index (χ2n) is 2.41. The third kappa shape index (κ3) is 23.3. The van der Waals surface area contributed by atoms with Crippen LogP contribution in [0.4, 0.5) is 0 Å². The fourth-order valence-electron chi connectivity index (χ4n) is 0.411. The van der Waals surface area contributed by atoms with Gasteiger partial charge in [0.1, 0.15) is 0 Å². The molecular weight excluding hydrogens is 260 g/mol. The SMILES string of the molecule is C=C(C#N)COCCP(=O)(O)O.O=[P+](O)O. The Kier molecular flexibility index (Phi) is 10.6. The summed E-state index contributed by atoms with van der Waals surface area (Å²) in [7, 11) is -6.84. The smallest absolute Gasteiger partial charge is 0.375 e. The minimum atomic E-state index is -3.97. The third-order valence-electron chi connectivity index (χ3n) is 0.961. The first-order valence-electron chi connectivity index (χ1n) is 3.74. The Bertz CT molecular complexity index is 313. The summed E-state index contributed by atoms with van der Waals surface area (Å²) in [4.78, 5) is 31.0. The standard InChI is InChI=1S/C6H10NO4P.HO3P/c1-6(4-7)5-11-2-3-12(8,9)10;1-4(2)3/h1-3,5H2,(H2,8,9,10);(H-,1,2,3)/p+1. The van der Waals surface area contributed by atoms with Crippen LogP contribution in [-0.2, 0) is 13.9 Å². The van der Waals surface area contributed by atoms with Crippen molar-refractivity contribution >= 4 is 15.9 Å². The maximum atomic E-state index is 10.3. The molecule has 16 heavy (non-hydrogen) atoms. The lowest BCUT2D eigenvalue weighted by molar-refractivity contribution is 0.170. The van der Waals surface area contributed by atoms with Crippen molar-refractivity contribution in [3.8, 4) is 6.07 Å². The summed E-state index contributed by atoms with van der Waals surface area (Å²) < 4.78 is 23.7. The molecule has 0 aliphatic rings. The van der Waals surface area contributed by atoms with Crippen molar-refractivity contribution < 1.29 is 33.4 Å². The second-order valence-corrected chi connectivity index (χ2v) is 4.69. The van der Waals surface area contributed by atoms with Crippen LogP contribution in [0.3, 0.4) is 0 Å². The average molecular weight is 272 g/mol. The first-order chi connectivity index (χ1) is 7.19. The summed E-state index contributed by atoms with van der Waals surface area (Å²) in [5, 5.41) is 8.21. The lowest BCUT2D eigenvalue weighted by atomic mass is 10.4. The van der Waals surface area contributed by atoms with E-state index in [1.165, 1.54) is 0 Å². The number of hydrogen-bond acceptors (Lipinski definition) is 4. The van der Waals surface area contributed by atoms with E-state index < -0.39 is 15.9 Å².